The number of hydrogen-bond acceptors (Lipinski definition) is 4. The van der Waals surface area contributed by atoms with Crippen LogP contribution in [0.2, 0.25) is 5.02 Å². The summed E-state index contributed by atoms with van der Waals surface area (Å²) < 4.78 is 10.6. The van der Waals surface area contributed by atoms with Gasteiger partial charge in [0.05, 0.1) is 12.1 Å². The number of methoxy groups -OCH3 is 1. The molecule has 0 fully saturated rings. The monoisotopic (exact) mass is 374 g/mol. The third-order valence-electron chi connectivity index (χ3n) is 4.22. The predicted octanol–water partition coefficient (Wildman–Crippen LogP) is 2.72. The Morgan fingerprint density at radius 1 is 1.27 bits per heavy atom. The first kappa shape index (κ1) is 18.1. The third kappa shape index (κ3) is 3.46. The Labute approximate surface area is 156 Å². The van der Waals surface area contributed by atoms with Crippen molar-refractivity contribution >= 4 is 29.1 Å². The van der Waals surface area contributed by atoms with Crippen molar-refractivity contribution in [1.29, 1.82) is 0 Å². The Hall–Kier alpha value is -2.73. The van der Waals surface area contributed by atoms with Crippen molar-refractivity contribution < 1.29 is 19.1 Å². The van der Waals surface area contributed by atoms with Crippen molar-refractivity contribution in [3.05, 3.63) is 52.0 Å². The van der Waals surface area contributed by atoms with Crippen molar-refractivity contribution in [2.24, 2.45) is 5.73 Å². The summed E-state index contributed by atoms with van der Waals surface area (Å²) in [4.78, 5) is 25.7. The minimum atomic E-state index is -0.632. The van der Waals surface area contributed by atoms with Gasteiger partial charge in [-0.15, -0.1) is 0 Å². The number of fused-ring (bicyclic) bond motifs is 1. The zero-order valence-electron chi connectivity index (χ0n) is 14.5. The van der Waals surface area contributed by atoms with Crippen molar-refractivity contribution in [3.8, 4) is 11.5 Å². The molecule has 6 nitrogen and oxygen atoms in total. The topological polar surface area (TPSA) is 81.9 Å². The number of ether oxygens (including phenoxy) is 2. The number of nitrogens with zero attached hydrogens (tertiary/aromatic N) is 1. The number of anilines is 1. The molecular weight excluding hydrogens is 356 g/mol. The molecule has 2 amide bonds. The van der Waals surface area contributed by atoms with E-state index in [0.717, 1.165) is 23.2 Å². The van der Waals surface area contributed by atoms with Crippen LogP contribution in [0.5, 0.6) is 11.5 Å². The molecule has 26 heavy (non-hydrogen) atoms. The molecule has 2 aromatic carbocycles. The lowest BCUT2D eigenvalue weighted by Gasteiger charge is -2.19. The summed E-state index contributed by atoms with van der Waals surface area (Å²) >= 11 is 6.25. The van der Waals surface area contributed by atoms with E-state index in [2.05, 4.69) is 0 Å². The van der Waals surface area contributed by atoms with E-state index in [-0.39, 0.29) is 29.0 Å². The van der Waals surface area contributed by atoms with Gasteiger partial charge in [0, 0.05) is 17.8 Å². The van der Waals surface area contributed by atoms with E-state index in [1.165, 1.54) is 13.2 Å². The van der Waals surface area contributed by atoms with Gasteiger partial charge in [0.2, 0.25) is 0 Å². The molecule has 0 saturated heterocycles. The molecule has 0 aromatic heterocycles. The second-order valence-corrected chi connectivity index (χ2v) is 6.49. The molecule has 0 aliphatic carbocycles. The molecule has 3 rings (SSSR count). The SMILES string of the molecule is COc1cc(C(=O)N2CCc3ccc(C)cc32)cc(Cl)c1OCC(N)=O. The van der Waals surface area contributed by atoms with Gasteiger partial charge in [0.15, 0.2) is 18.1 Å². The van der Waals surface area contributed by atoms with Crippen LogP contribution < -0.4 is 20.1 Å². The number of carbonyl (C=O) groups is 2. The molecule has 1 heterocycles. The number of halogens is 1. The summed E-state index contributed by atoms with van der Waals surface area (Å²) in [6, 6.07) is 9.15. The van der Waals surface area contributed by atoms with E-state index < -0.39 is 5.91 Å². The van der Waals surface area contributed by atoms with Crippen LogP contribution in [0.4, 0.5) is 5.69 Å². The Balaban J connectivity index is 1.93. The fourth-order valence-corrected chi connectivity index (χ4v) is 3.25. The molecule has 1 aliphatic rings. The molecule has 0 unspecified atom stereocenters. The van der Waals surface area contributed by atoms with Crippen molar-refractivity contribution in [1.82, 2.24) is 0 Å². The molecule has 2 N–H and O–H groups in total. The van der Waals surface area contributed by atoms with Crippen molar-refractivity contribution in [2.75, 3.05) is 25.2 Å². The highest BCUT2D eigenvalue weighted by molar-refractivity contribution is 6.33. The smallest absolute Gasteiger partial charge is 0.258 e. The van der Waals surface area contributed by atoms with E-state index in [1.807, 2.05) is 25.1 Å². The number of hydrogen-bond donors (Lipinski definition) is 1. The average molecular weight is 375 g/mol. The van der Waals surface area contributed by atoms with E-state index in [0.29, 0.717) is 12.1 Å². The average Bonchev–Trinajstić information content (AvgIpc) is 3.02. The lowest BCUT2D eigenvalue weighted by atomic mass is 10.1. The summed E-state index contributed by atoms with van der Waals surface area (Å²) in [5, 5.41) is 0.178. The first-order valence-corrected chi connectivity index (χ1v) is 8.48. The normalized spacial score (nSPS) is 12.7. The zero-order valence-corrected chi connectivity index (χ0v) is 15.3. The maximum atomic E-state index is 13.0. The highest BCUT2D eigenvalue weighted by Gasteiger charge is 2.27. The van der Waals surface area contributed by atoms with Crippen LogP contribution in [-0.2, 0) is 11.2 Å². The molecule has 2 aromatic rings. The Bertz CT molecular complexity index is 882. The standard InChI is InChI=1S/C19H19ClN2O4/c1-11-3-4-12-5-6-22(15(12)7-11)19(24)13-8-14(20)18(16(9-13)25-2)26-10-17(21)23/h3-4,7-9H,5-6,10H2,1-2H3,(H2,21,23). The van der Waals surface area contributed by atoms with Gasteiger partial charge in [-0.2, -0.15) is 0 Å². The van der Waals surface area contributed by atoms with Crippen LogP contribution in [0.1, 0.15) is 21.5 Å². The van der Waals surface area contributed by atoms with Gasteiger partial charge >= 0.3 is 0 Å². The molecule has 0 saturated carbocycles. The van der Waals surface area contributed by atoms with Gasteiger partial charge in [-0.3, -0.25) is 9.59 Å². The summed E-state index contributed by atoms with van der Waals surface area (Å²) in [6.45, 7) is 2.27. The highest BCUT2D eigenvalue weighted by Crippen LogP contribution is 2.38. The molecule has 136 valence electrons. The predicted molar refractivity (Wildman–Crippen MR) is 99.3 cm³/mol. The number of carbonyl (C=O) groups excluding carboxylic acids is 2. The Kier molecular flexibility index (Phi) is 5.04. The number of primary amides is 1. The lowest BCUT2D eigenvalue weighted by molar-refractivity contribution is -0.119. The van der Waals surface area contributed by atoms with E-state index in [1.54, 1.807) is 11.0 Å². The van der Waals surface area contributed by atoms with Gasteiger partial charge in [-0.1, -0.05) is 23.7 Å². The molecule has 0 atom stereocenters. The molecule has 0 spiro atoms. The van der Waals surface area contributed by atoms with Gasteiger partial charge in [0.1, 0.15) is 0 Å². The van der Waals surface area contributed by atoms with Crippen molar-refractivity contribution in [3.63, 3.8) is 0 Å². The van der Waals surface area contributed by atoms with Crippen molar-refractivity contribution in [2.45, 2.75) is 13.3 Å². The molecule has 7 heteroatoms. The maximum absolute atomic E-state index is 13.0. The minimum absolute atomic E-state index is 0.170. The fraction of sp³-hybridized carbons (Fsp3) is 0.263. The second-order valence-electron chi connectivity index (χ2n) is 6.08. The van der Waals surface area contributed by atoms with E-state index >= 15 is 0 Å². The highest BCUT2D eigenvalue weighted by atomic mass is 35.5. The maximum Gasteiger partial charge on any atom is 0.258 e. The first-order valence-electron chi connectivity index (χ1n) is 8.10. The van der Waals surface area contributed by atoms with Gasteiger partial charge in [-0.05, 0) is 42.7 Å². The Morgan fingerprint density at radius 3 is 2.73 bits per heavy atom. The van der Waals surface area contributed by atoms with Crippen LogP contribution in [-0.4, -0.2) is 32.1 Å². The minimum Gasteiger partial charge on any atom is -0.493 e. The number of amides is 2. The van der Waals surface area contributed by atoms with Crippen LogP contribution in [0.3, 0.4) is 0 Å². The Morgan fingerprint density at radius 2 is 2.04 bits per heavy atom. The van der Waals surface area contributed by atoms with Crippen LogP contribution in [0.15, 0.2) is 30.3 Å². The molecular formula is C19H19ClN2O4. The summed E-state index contributed by atoms with van der Waals surface area (Å²) in [5.41, 5.74) is 8.62. The first-order chi connectivity index (χ1) is 12.4. The molecule has 0 bridgehead atoms. The second kappa shape index (κ2) is 7.25. The zero-order chi connectivity index (χ0) is 18.8. The number of rotatable bonds is 5. The fourth-order valence-electron chi connectivity index (χ4n) is 2.98. The summed E-state index contributed by atoms with van der Waals surface area (Å²) in [7, 11) is 1.44. The quantitative estimate of drug-likeness (QED) is 0.872. The number of nitrogens with two attached hydrogens (primary N) is 1. The van der Waals surface area contributed by atoms with Gasteiger partial charge in [-0.25, -0.2) is 0 Å². The molecule has 1 aliphatic heterocycles. The largest absolute Gasteiger partial charge is 0.493 e. The third-order valence-corrected chi connectivity index (χ3v) is 4.50. The van der Waals surface area contributed by atoms with Crippen LogP contribution in [0.25, 0.3) is 0 Å². The van der Waals surface area contributed by atoms with Gasteiger partial charge < -0.3 is 20.1 Å². The van der Waals surface area contributed by atoms with Crippen LogP contribution in [0, 0.1) is 6.92 Å². The van der Waals surface area contributed by atoms with E-state index in [9.17, 15) is 9.59 Å². The molecule has 0 radical (unpaired) electrons. The van der Waals surface area contributed by atoms with Gasteiger partial charge in [0.25, 0.3) is 11.8 Å². The summed E-state index contributed by atoms with van der Waals surface area (Å²) in [6.07, 6.45) is 0.812. The number of aryl methyl sites for hydroxylation is 1. The summed E-state index contributed by atoms with van der Waals surface area (Å²) in [5.74, 6) is -0.351. The lowest BCUT2D eigenvalue weighted by Crippen LogP contribution is -2.29. The van der Waals surface area contributed by atoms with Crippen LogP contribution >= 0.6 is 11.6 Å². The number of benzene rings is 2. The van der Waals surface area contributed by atoms with E-state index in [4.69, 9.17) is 26.8 Å².